The molecule has 0 aliphatic rings. The molecule has 0 aromatic rings. The topological polar surface area (TPSA) is 80.7 Å². The van der Waals surface area contributed by atoms with E-state index in [-0.39, 0.29) is 6.42 Å². The average molecular weight is 455 g/mol. The fourth-order valence-corrected chi connectivity index (χ4v) is 10.5. The van der Waals surface area contributed by atoms with E-state index >= 15 is 0 Å². The van der Waals surface area contributed by atoms with Crippen molar-refractivity contribution in [2.45, 2.75) is 103 Å². The first-order valence-electron chi connectivity index (χ1n) is 11.6. The van der Waals surface area contributed by atoms with E-state index in [2.05, 4.69) is 6.92 Å². The summed E-state index contributed by atoms with van der Waals surface area (Å²) in [6, 6.07) is 0. The number of rotatable bonds is 20. The zero-order valence-corrected chi connectivity index (χ0v) is 21.2. The van der Waals surface area contributed by atoms with E-state index in [4.69, 9.17) is 9.08 Å². The van der Waals surface area contributed by atoms with Crippen molar-refractivity contribution in [2.75, 3.05) is 31.9 Å². The zero-order valence-electron chi connectivity index (χ0n) is 19.5. The summed E-state index contributed by atoms with van der Waals surface area (Å²) in [6.45, 7) is 2.97. The molecular weight excluding hydrogens is 407 g/mol. The van der Waals surface area contributed by atoms with Gasteiger partial charge in [0.15, 0.2) is 0 Å². The maximum absolute atomic E-state index is 11.7. The second-order valence-corrected chi connectivity index (χ2v) is 17.5. The summed E-state index contributed by atoms with van der Waals surface area (Å²) in [5.74, 6) is -0.902. The molecule has 0 saturated carbocycles. The number of carboxylic acids is 1. The van der Waals surface area contributed by atoms with E-state index in [0.29, 0.717) is 12.3 Å². The van der Waals surface area contributed by atoms with Gasteiger partial charge in [-0.2, -0.15) is 0 Å². The van der Waals surface area contributed by atoms with Gasteiger partial charge in [0.1, 0.15) is 0 Å². The Labute approximate surface area is 180 Å². The molecule has 5 nitrogen and oxygen atoms in total. The minimum absolute atomic E-state index is 0.0427. The third-order valence-corrected chi connectivity index (χ3v) is 12.1. The van der Waals surface area contributed by atoms with Gasteiger partial charge in [0.05, 0.1) is 0 Å². The third-order valence-electron chi connectivity index (χ3n) is 5.62. The first-order valence-corrected chi connectivity index (χ1v) is 16.8. The van der Waals surface area contributed by atoms with Crippen molar-refractivity contribution in [1.29, 1.82) is 0 Å². The Morgan fingerprint density at radius 2 is 1.14 bits per heavy atom. The van der Waals surface area contributed by atoms with Crippen LogP contribution in [0.5, 0.6) is 0 Å². The van der Waals surface area contributed by atoms with Crippen molar-refractivity contribution in [1.82, 2.24) is 0 Å². The average Bonchev–Trinajstić information content (AvgIpc) is 2.59. The molecule has 0 radical (unpaired) electrons. The van der Waals surface area contributed by atoms with Crippen molar-refractivity contribution in [3.05, 3.63) is 0 Å². The molecule has 0 saturated heterocycles. The van der Waals surface area contributed by atoms with Crippen LogP contribution in [0.4, 0.5) is 0 Å². The number of hydrogen-bond acceptors (Lipinski definition) is 4. The van der Waals surface area contributed by atoms with Crippen molar-refractivity contribution in [3.63, 3.8) is 0 Å². The Morgan fingerprint density at radius 1 is 0.759 bits per heavy atom. The van der Waals surface area contributed by atoms with Gasteiger partial charge in [0.2, 0.25) is 0 Å². The molecule has 29 heavy (non-hydrogen) atoms. The normalized spacial score (nSPS) is 13.9. The summed E-state index contributed by atoms with van der Waals surface area (Å²) in [7, 11) is -3.59. The predicted molar refractivity (Wildman–Crippen MR) is 127 cm³/mol. The quantitative estimate of drug-likeness (QED) is 0.165. The number of hydrogen-bond donors (Lipinski definition) is 1. The summed E-state index contributed by atoms with van der Waals surface area (Å²) in [4.78, 5) is 11.0. The molecule has 0 unspecified atom stereocenters. The van der Waals surface area contributed by atoms with Crippen LogP contribution < -0.4 is 0 Å². The molecule has 0 bridgehead atoms. The van der Waals surface area contributed by atoms with Crippen LogP contribution in [0, 0.1) is 0 Å². The SMILES string of the molecule is CCCCCCCCCCCCCCCCP(C)(C)(CCC(=O)O)OS(C)(=O)=O. The Kier molecular flexibility index (Phi) is 14.7. The van der Waals surface area contributed by atoms with Crippen LogP contribution in [0.1, 0.15) is 103 Å². The minimum atomic E-state index is -3.59. The van der Waals surface area contributed by atoms with Crippen molar-refractivity contribution in [2.24, 2.45) is 0 Å². The molecule has 7 heteroatoms. The van der Waals surface area contributed by atoms with Gasteiger partial charge in [0, 0.05) is 0 Å². The Hall–Kier alpha value is -0.190. The first-order chi connectivity index (χ1) is 13.5. The molecule has 1 N–H and O–H groups in total. The van der Waals surface area contributed by atoms with Crippen molar-refractivity contribution >= 4 is 22.9 Å². The molecule has 176 valence electrons. The molecule has 0 aliphatic heterocycles. The molecule has 0 aromatic carbocycles. The molecule has 0 fully saturated rings. The Morgan fingerprint density at radius 3 is 1.48 bits per heavy atom. The number of aliphatic carboxylic acids is 1. The number of unbranched alkanes of at least 4 members (excludes halogenated alkanes) is 13. The monoisotopic (exact) mass is 454 g/mol. The Bertz CT molecular complexity index is 545. The van der Waals surface area contributed by atoms with Crippen LogP contribution >= 0.6 is 6.83 Å². The molecular formula is C22H47O5PS. The van der Waals surface area contributed by atoms with Gasteiger partial charge < -0.3 is 0 Å². The molecule has 0 aliphatic carbocycles. The summed E-state index contributed by atoms with van der Waals surface area (Å²) in [6.07, 6.45) is 19.9. The van der Waals surface area contributed by atoms with E-state index in [0.717, 1.165) is 25.5 Å². The standard InChI is InChI=1S/C22H47O5PS/c1-5-6-7-8-9-10-11-12-13-14-15-16-17-18-20-28(2,3,21-19-22(23)24)27-29(4,25)26/h5-21H2,1-4H3,(H,23,24). The van der Waals surface area contributed by atoms with Gasteiger partial charge in [-0.15, -0.1) is 0 Å². The Balaban J connectivity index is 3.92. The first kappa shape index (κ1) is 28.8. The van der Waals surface area contributed by atoms with Gasteiger partial charge in [0.25, 0.3) is 0 Å². The van der Waals surface area contributed by atoms with E-state index in [1.165, 1.54) is 70.6 Å². The van der Waals surface area contributed by atoms with Gasteiger partial charge in [-0.25, -0.2) is 0 Å². The van der Waals surface area contributed by atoms with Gasteiger partial charge in [-0.1, -0.05) is 26.2 Å². The van der Waals surface area contributed by atoms with Crippen LogP contribution in [0.15, 0.2) is 0 Å². The van der Waals surface area contributed by atoms with Crippen LogP contribution in [-0.2, 0) is 18.9 Å². The number of carbonyl (C=O) groups is 1. The van der Waals surface area contributed by atoms with Gasteiger partial charge >= 0.3 is 154 Å². The van der Waals surface area contributed by atoms with E-state index < -0.39 is 22.9 Å². The summed E-state index contributed by atoms with van der Waals surface area (Å²) < 4.78 is 28.9. The molecule has 0 spiro atoms. The van der Waals surface area contributed by atoms with Gasteiger partial charge in [-0.05, 0) is 0 Å². The van der Waals surface area contributed by atoms with Crippen LogP contribution in [0.2, 0.25) is 0 Å². The second kappa shape index (κ2) is 14.8. The van der Waals surface area contributed by atoms with Crippen LogP contribution in [-0.4, -0.2) is 51.4 Å². The fourth-order valence-electron chi connectivity index (χ4n) is 3.89. The molecule has 0 heterocycles. The molecule has 0 amide bonds. The van der Waals surface area contributed by atoms with Crippen LogP contribution in [0.3, 0.4) is 0 Å². The van der Waals surface area contributed by atoms with Crippen molar-refractivity contribution in [3.8, 4) is 0 Å². The second-order valence-electron chi connectivity index (χ2n) is 9.52. The van der Waals surface area contributed by atoms with Crippen molar-refractivity contribution < 1.29 is 22.3 Å². The van der Waals surface area contributed by atoms with E-state index in [9.17, 15) is 13.2 Å². The predicted octanol–water partition coefficient (Wildman–Crippen LogP) is 6.65. The van der Waals surface area contributed by atoms with E-state index in [1.807, 2.05) is 13.3 Å². The van der Waals surface area contributed by atoms with Gasteiger partial charge in [-0.3, -0.25) is 0 Å². The summed E-state index contributed by atoms with van der Waals surface area (Å²) in [5, 5.41) is 9.00. The maximum atomic E-state index is 11.7. The van der Waals surface area contributed by atoms with E-state index in [1.54, 1.807) is 0 Å². The van der Waals surface area contributed by atoms with Crippen LogP contribution in [0.25, 0.3) is 0 Å². The fraction of sp³-hybridized carbons (Fsp3) is 0.955. The number of carboxylic acid groups (broad SMARTS) is 1. The summed E-state index contributed by atoms with van der Waals surface area (Å²) >= 11 is 0. The molecule has 0 rings (SSSR count). The summed E-state index contributed by atoms with van der Waals surface area (Å²) in [5.41, 5.74) is 0. The third kappa shape index (κ3) is 18.3. The molecule has 0 aromatic heterocycles. The molecule has 0 atom stereocenters. The zero-order chi connectivity index (χ0) is 22.3.